The lowest BCUT2D eigenvalue weighted by Gasteiger charge is -2.12. The Bertz CT molecular complexity index is 2910. The number of fused-ring (bicyclic) bond motifs is 4. The summed E-state index contributed by atoms with van der Waals surface area (Å²) in [6.07, 6.45) is 0. The molecule has 5 nitrogen and oxygen atoms in total. The van der Waals surface area contributed by atoms with E-state index in [9.17, 15) is 0 Å². The smallest absolute Gasteiger partial charge is 0.180 e. The van der Waals surface area contributed by atoms with Gasteiger partial charge in [-0.3, -0.25) is 4.57 Å². The molecule has 0 N–H and O–H groups in total. The first kappa shape index (κ1) is 29.8. The van der Waals surface area contributed by atoms with Crippen molar-refractivity contribution in [2.24, 2.45) is 0 Å². The van der Waals surface area contributed by atoms with Crippen molar-refractivity contribution in [1.82, 2.24) is 19.5 Å². The quantitative estimate of drug-likeness (QED) is 0.177. The molecule has 0 radical (unpaired) electrons. The standard InChI is InChI=1S/C47H30N4O/c1-3-14-31(15-4-1)43-45-44(39-24-7-10-27-42(39)52-45)50-46(49-43)36-20-12-18-34(29-36)32-16-11-17-33(28-32)35-19-13-21-37(30-35)47-48-40-25-8-9-26-41(40)51(47)38-22-5-2-6-23-38/h1-30H. The minimum Gasteiger partial charge on any atom is -0.452 e. The van der Waals surface area contributed by atoms with Crippen LogP contribution in [-0.2, 0) is 0 Å². The number of aromatic nitrogens is 4. The maximum atomic E-state index is 6.33. The fourth-order valence-corrected chi connectivity index (χ4v) is 7.12. The van der Waals surface area contributed by atoms with Crippen LogP contribution in [0.1, 0.15) is 0 Å². The van der Waals surface area contributed by atoms with Crippen molar-refractivity contribution in [2.75, 3.05) is 0 Å². The highest BCUT2D eigenvalue weighted by Crippen LogP contribution is 2.37. The van der Waals surface area contributed by atoms with Gasteiger partial charge in [0.1, 0.15) is 22.6 Å². The summed E-state index contributed by atoms with van der Waals surface area (Å²) in [5.74, 6) is 1.57. The van der Waals surface area contributed by atoms with Gasteiger partial charge in [0, 0.05) is 27.8 Å². The average molecular weight is 667 g/mol. The second kappa shape index (κ2) is 12.3. The molecule has 0 aliphatic rings. The lowest BCUT2D eigenvalue weighted by molar-refractivity contribution is 0.667. The zero-order chi connectivity index (χ0) is 34.4. The first-order valence-electron chi connectivity index (χ1n) is 17.4. The Hall–Kier alpha value is -7.11. The molecule has 0 saturated heterocycles. The van der Waals surface area contributed by atoms with Gasteiger partial charge in [-0.2, -0.15) is 0 Å². The van der Waals surface area contributed by atoms with Gasteiger partial charge in [-0.05, 0) is 76.9 Å². The van der Waals surface area contributed by atoms with E-state index in [2.05, 4.69) is 138 Å². The molecule has 0 bridgehead atoms. The molecule has 0 saturated carbocycles. The number of hydrogen-bond donors (Lipinski definition) is 0. The van der Waals surface area contributed by atoms with Crippen LogP contribution in [0.25, 0.3) is 95.1 Å². The van der Waals surface area contributed by atoms with Crippen molar-refractivity contribution in [3.05, 3.63) is 182 Å². The van der Waals surface area contributed by atoms with Crippen LogP contribution in [0.3, 0.4) is 0 Å². The first-order valence-corrected chi connectivity index (χ1v) is 17.4. The Morgan fingerprint density at radius 2 is 0.981 bits per heavy atom. The second-order valence-electron chi connectivity index (χ2n) is 12.9. The SMILES string of the molecule is c1ccc(-c2nc(-c3cccc(-c4cccc(-c5cccc(-c6nc7ccccc7n6-c6ccccc6)c5)c4)c3)nc3c2oc2ccccc23)cc1. The molecule has 0 atom stereocenters. The van der Waals surface area contributed by atoms with Gasteiger partial charge in [-0.1, -0.05) is 127 Å². The lowest BCUT2D eigenvalue weighted by atomic mass is 9.97. The summed E-state index contributed by atoms with van der Waals surface area (Å²) in [6, 6.07) is 62.8. The highest BCUT2D eigenvalue weighted by Gasteiger charge is 2.19. The number of furan rings is 1. The van der Waals surface area contributed by atoms with E-state index in [-0.39, 0.29) is 0 Å². The molecule has 7 aromatic carbocycles. The molecule has 0 aliphatic carbocycles. The minimum atomic E-state index is 0.657. The zero-order valence-corrected chi connectivity index (χ0v) is 28.0. The van der Waals surface area contributed by atoms with Crippen molar-refractivity contribution < 1.29 is 4.42 Å². The maximum Gasteiger partial charge on any atom is 0.180 e. The van der Waals surface area contributed by atoms with E-state index in [0.29, 0.717) is 11.4 Å². The molecule has 0 aliphatic heterocycles. The molecule has 3 heterocycles. The van der Waals surface area contributed by atoms with Crippen LogP contribution in [0.4, 0.5) is 0 Å². The highest BCUT2D eigenvalue weighted by atomic mass is 16.3. The Morgan fingerprint density at radius 1 is 0.423 bits per heavy atom. The number of rotatable bonds is 6. The molecule has 10 rings (SSSR count). The van der Waals surface area contributed by atoms with Gasteiger partial charge in [-0.25, -0.2) is 15.0 Å². The number of para-hydroxylation sites is 4. The largest absolute Gasteiger partial charge is 0.452 e. The molecule has 52 heavy (non-hydrogen) atoms. The molecule has 0 fully saturated rings. The normalized spacial score (nSPS) is 11.5. The van der Waals surface area contributed by atoms with Gasteiger partial charge in [0.25, 0.3) is 0 Å². The molecule has 0 spiro atoms. The minimum absolute atomic E-state index is 0.657. The summed E-state index contributed by atoms with van der Waals surface area (Å²) in [5, 5.41) is 0.976. The zero-order valence-electron chi connectivity index (χ0n) is 28.0. The fraction of sp³-hybridized carbons (Fsp3) is 0. The van der Waals surface area contributed by atoms with Crippen molar-refractivity contribution in [1.29, 1.82) is 0 Å². The van der Waals surface area contributed by atoms with Crippen molar-refractivity contribution in [3.8, 4) is 62.0 Å². The molecule has 10 aromatic rings. The fourth-order valence-electron chi connectivity index (χ4n) is 7.12. The van der Waals surface area contributed by atoms with E-state index in [0.717, 1.165) is 83.7 Å². The Balaban J connectivity index is 1.05. The van der Waals surface area contributed by atoms with Crippen LogP contribution in [0.5, 0.6) is 0 Å². The van der Waals surface area contributed by atoms with E-state index in [4.69, 9.17) is 19.4 Å². The van der Waals surface area contributed by atoms with Gasteiger partial charge in [0.05, 0.1) is 11.0 Å². The van der Waals surface area contributed by atoms with Gasteiger partial charge in [0.2, 0.25) is 0 Å². The summed E-state index contributed by atoms with van der Waals surface area (Å²) >= 11 is 0. The number of hydrogen-bond acceptors (Lipinski definition) is 4. The highest BCUT2D eigenvalue weighted by molar-refractivity contribution is 6.07. The Kier molecular flexibility index (Phi) is 7.07. The van der Waals surface area contributed by atoms with Crippen molar-refractivity contribution in [3.63, 3.8) is 0 Å². The summed E-state index contributed by atoms with van der Waals surface area (Å²) in [7, 11) is 0. The molecule has 244 valence electrons. The van der Waals surface area contributed by atoms with Crippen LogP contribution >= 0.6 is 0 Å². The van der Waals surface area contributed by atoms with Crippen LogP contribution in [-0.4, -0.2) is 19.5 Å². The molecule has 3 aromatic heterocycles. The van der Waals surface area contributed by atoms with Crippen LogP contribution in [0.15, 0.2) is 186 Å². The van der Waals surface area contributed by atoms with E-state index >= 15 is 0 Å². The summed E-state index contributed by atoms with van der Waals surface area (Å²) < 4.78 is 8.57. The van der Waals surface area contributed by atoms with Gasteiger partial charge < -0.3 is 4.42 Å². The van der Waals surface area contributed by atoms with Crippen LogP contribution < -0.4 is 0 Å². The van der Waals surface area contributed by atoms with E-state index in [1.165, 1.54) is 0 Å². The first-order chi connectivity index (χ1) is 25.8. The molecule has 0 amide bonds. The Labute approximate surface area is 300 Å². The third-order valence-electron chi connectivity index (χ3n) is 9.61. The van der Waals surface area contributed by atoms with Crippen molar-refractivity contribution >= 4 is 33.1 Å². The predicted octanol–water partition coefficient (Wildman–Crippen LogP) is 12.0. The van der Waals surface area contributed by atoms with Crippen molar-refractivity contribution in [2.45, 2.75) is 0 Å². The summed E-state index contributed by atoms with van der Waals surface area (Å²) in [4.78, 5) is 15.3. The van der Waals surface area contributed by atoms with E-state index in [1.807, 2.05) is 48.5 Å². The third kappa shape index (κ3) is 5.15. The summed E-state index contributed by atoms with van der Waals surface area (Å²) in [6.45, 7) is 0. The van der Waals surface area contributed by atoms with Gasteiger partial charge >= 0.3 is 0 Å². The summed E-state index contributed by atoms with van der Waals surface area (Å²) in [5.41, 5.74) is 13.6. The monoisotopic (exact) mass is 666 g/mol. The molecular weight excluding hydrogens is 637 g/mol. The van der Waals surface area contributed by atoms with Crippen LogP contribution in [0.2, 0.25) is 0 Å². The van der Waals surface area contributed by atoms with Gasteiger partial charge in [-0.15, -0.1) is 0 Å². The number of imidazole rings is 1. The van der Waals surface area contributed by atoms with Crippen LogP contribution in [0, 0.1) is 0 Å². The molecule has 0 unspecified atom stereocenters. The lowest BCUT2D eigenvalue weighted by Crippen LogP contribution is -1.97. The average Bonchev–Trinajstić information content (AvgIpc) is 3.80. The second-order valence-corrected chi connectivity index (χ2v) is 12.9. The van der Waals surface area contributed by atoms with E-state index in [1.54, 1.807) is 0 Å². The van der Waals surface area contributed by atoms with E-state index < -0.39 is 0 Å². The maximum absolute atomic E-state index is 6.33. The van der Waals surface area contributed by atoms with Gasteiger partial charge in [0.15, 0.2) is 11.4 Å². The molecular formula is C47H30N4O. The third-order valence-corrected chi connectivity index (χ3v) is 9.61. The Morgan fingerprint density at radius 3 is 1.73 bits per heavy atom. The number of benzene rings is 7. The predicted molar refractivity (Wildman–Crippen MR) is 211 cm³/mol. The number of nitrogens with zero attached hydrogens (tertiary/aromatic N) is 4. The molecule has 5 heteroatoms. The topological polar surface area (TPSA) is 56.7 Å².